The van der Waals surface area contributed by atoms with E-state index in [9.17, 15) is 14.7 Å². The lowest BCUT2D eigenvalue weighted by atomic mass is 9.99. The maximum absolute atomic E-state index is 11.9. The van der Waals surface area contributed by atoms with Crippen molar-refractivity contribution >= 4 is 12.1 Å². The van der Waals surface area contributed by atoms with Crippen molar-refractivity contribution in [2.24, 2.45) is 11.3 Å². The van der Waals surface area contributed by atoms with Crippen molar-refractivity contribution in [2.75, 3.05) is 13.1 Å². The molecular weight excluding hydrogens is 234 g/mol. The first-order valence-electron chi connectivity index (χ1n) is 6.46. The van der Waals surface area contributed by atoms with Crippen LogP contribution in [0.1, 0.15) is 40.0 Å². The lowest BCUT2D eigenvalue weighted by Gasteiger charge is -2.26. The van der Waals surface area contributed by atoms with E-state index in [1.54, 1.807) is 4.90 Å². The summed E-state index contributed by atoms with van der Waals surface area (Å²) >= 11 is 0. The predicted molar refractivity (Wildman–Crippen MR) is 65.2 cm³/mol. The summed E-state index contributed by atoms with van der Waals surface area (Å²) in [4.78, 5) is 24.8. The highest BCUT2D eigenvalue weighted by molar-refractivity contribution is 5.79. The molecular formula is C13H21NO4. The van der Waals surface area contributed by atoms with Crippen molar-refractivity contribution in [1.82, 2.24) is 4.90 Å². The number of carboxylic acid groups (broad SMARTS) is 1. The summed E-state index contributed by atoms with van der Waals surface area (Å²) in [6.07, 6.45) is 1.76. The molecule has 1 heterocycles. The Hall–Kier alpha value is -1.26. The number of rotatable bonds is 1. The van der Waals surface area contributed by atoms with Gasteiger partial charge in [0.15, 0.2) is 0 Å². The third-order valence-corrected chi connectivity index (χ3v) is 3.88. The molecule has 2 rings (SSSR count). The number of carbonyl (C=O) groups excluding carboxylic acids is 1. The summed E-state index contributed by atoms with van der Waals surface area (Å²) in [5.74, 6) is -0.471. The molecule has 2 aliphatic rings. The van der Waals surface area contributed by atoms with E-state index in [-0.39, 0.29) is 12.0 Å². The molecule has 1 saturated carbocycles. The number of hydrogen-bond acceptors (Lipinski definition) is 3. The number of aliphatic carboxylic acids is 1. The maximum Gasteiger partial charge on any atom is 0.410 e. The van der Waals surface area contributed by atoms with Crippen LogP contribution in [0.2, 0.25) is 0 Å². The summed E-state index contributed by atoms with van der Waals surface area (Å²) in [6.45, 7) is 6.59. The third-order valence-electron chi connectivity index (χ3n) is 3.88. The average Bonchev–Trinajstić information content (AvgIpc) is 2.87. The summed E-state index contributed by atoms with van der Waals surface area (Å²) in [6, 6.07) is 0. The zero-order valence-electron chi connectivity index (χ0n) is 11.2. The van der Waals surface area contributed by atoms with Crippen LogP contribution in [0.25, 0.3) is 0 Å². The van der Waals surface area contributed by atoms with E-state index in [0.29, 0.717) is 19.5 Å². The Balaban J connectivity index is 1.95. The molecule has 1 aliphatic carbocycles. The number of likely N-dealkylation sites (tertiary alicyclic amines) is 1. The number of fused-ring (bicyclic) bond motifs is 1. The van der Waals surface area contributed by atoms with Gasteiger partial charge >= 0.3 is 12.1 Å². The van der Waals surface area contributed by atoms with Crippen LogP contribution < -0.4 is 0 Å². The van der Waals surface area contributed by atoms with Crippen molar-refractivity contribution in [1.29, 1.82) is 0 Å². The van der Waals surface area contributed by atoms with Crippen LogP contribution >= 0.6 is 0 Å². The van der Waals surface area contributed by atoms with E-state index in [0.717, 1.165) is 12.8 Å². The molecule has 1 amide bonds. The first-order chi connectivity index (χ1) is 8.24. The normalized spacial score (nSPS) is 31.3. The second kappa shape index (κ2) is 4.14. The molecule has 18 heavy (non-hydrogen) atoms. The molecule has 0 bridgehead atoms. The number of amides is 1. The Kier molecular flexibility index (Phi) is 3.03. The van der Waals surface area contributed by atoms with Gasteiger partial charge in [-0.15, -0.1) is 0 Å². The van der Waals surface area contributed by atoms with Gasteiger partial charge in [0.05, 0.1) is 5.41 Å². The molecule has 5 heteroatoms. The topological polar surface area (TPSA) is 66.8 Å². The van der Waals surface area contributed by atoms with Crippen molar-refractivity contribution < 1.29 is 19.4 Å². The zero-order chi connectivity index (χ0) is 13.6. The smallest absolute Gasteiger partial charge is 0.410 e. The first kappa shape index (κ1) is 13.2. The van der Waals surface area contributed by atoms with Gasteiger partial charge in [-0.1, -0.05) is 0 Å². The van der Waals surface area contributed by atoms with Gasteiger partial charge in [0.1, 0.15) is 5.60 Å². The minimum absolute atomic E-state index is 0.238. The molecule has 0 aromatic heterocycles. The fraction of sp³-hybridized carbons (Fsp3) is 0.846. The Labute approximate surface area is 107 Å². The van der Waals surface area contributed by atoms with E-state index in [4.69, 9.17) is 4.74 Å². The molecule has 0 radical (unpaired) electrons. The SMILES string of the molecule is CC(C)(C)OC(=O)N1CC[C@@H]2C[C@@]2(C(=O)O)CC1. The highest BCUT2D eigenvalue weighted by Crippen LogP contribution is 2.58. The monoisotopic (exact) mass is 255 g/mol. The zero-order valence-corrected chi connectivity index (χ0v) is 11.2. The lowest BCUT2D eigenvalue weighted by molar-refractivity contribution is -0.144. The molecule has 0 spiro atoms. The standard InChI is InChI=1S/C13H21NO4/c1-12(2,3)18-11(17)14-6-4-9-8-13(9,5-7-14)10(15)16/h9H,4-8H2,1-3H3,(H,15,16)/t9-,13+/m1/s1. The van der Waals surface area contributed by atoms with Crippen LogP contribution in [0.15, 0.2) is 0 Å². The molecule has 0 aromatic rings. The van der Waals surface area contributed by atoms with Gasteiger partial charge in [-0.2, -0.15) is 0 Å². The number of ether oxygens (including phenoxy) is 1. The summed E-state index contributed by atoms with van der Waals surface area (Å²) in [5, 5.41) is 9.24. The summed E-state index contributed by atoms with van der Waals surface area (Å²) in [5.41, 5.74) is -1.06. The van der Waals surface area contributed by atoms with Crippen molar-refractivity contribution in [3.63, 3.8) is 0 Å². The van der Waals surface area contributed by atoms with Crippen molar-refractivity contribution in [3.05, 3.63) is 0 Å². The molecule has 5 nitrogen and oxygen atoms in total. The van der Waals surface area contributed by atoms with Crippen LogP contribution in [0, 0.1) is 11.3 Å². The maximum atomic E-state index is 11.9. The Morgan fingerprint density at radius 2 is 2.00 bits per heavy atom. The summed E-state index contributed by atoms with van der Waals surface area (Å²) < 4.78 is 5.32. The van der Waals surface area contributed by atoms with Crippen LogP contribution in [0.5, 0.6) is 0 Å². The van der Waals surface area contributed by atoms with Gasteiger partial charge in [0, 0.05) is 13.1 Å². The molecule has 1 aliphatic heterocycles. The fourth-order valence-electron chi connectivity index (χ4n) is 2.70. The van der Waals surface area contributed by atoms with Crippen LogP contribution in [-0.4, -0.2) is 40.8 Å². The number of carboxylic acids is 1. The van der Waals surface area contributed by atoms with Crippen molar-refractivity contribution in [2.45, 2.75) is 45.6 Å². The van der Waals surface area contributed by atoms with Gasteiger partial charge in [-0.25, -0.2) is 4.79 Å². The van der Waals surface area contributed by atoms with Gasteiger partial charge < -0.3 is 14.7 Å². The highest BCUT2D eigenvalue weighted by Gasteiger charge is 2.60. The Morgan fingerprint density at radius 3 is 2.56 bits per heavy atom. The van der Waals surface area contributed by atoms with E-state index < -0.39 is 17.0 Å². The van der Waals surface area contributed by atoms with E-state index in [1.165, 1.54) is 0 Å². The molecule has 102 valence electrons. The summed E-state index contributed by atoms with van der Waals surface area (Å²) in [7, 11) is 0. The van der Waals surface area contributed by atoms with E-state index in [2.05, 4.69) is 0 Å². The molecule has 1 saturated heterocycles. The second-order valence-electron chi connectivity index (χ2n) is 6.37. The first-order valence-corrected chi connectivity index (χ1v) is 6.46. The number of carbonyl (C=O) groups is 2. The molecule has 0 aromatic carbocycles. The number of nitrogens with zero attached hydrogens (tertiary/aromatic N) is 1. The number of hydrogen-bond donors (Lipinski definition) is 1. The minimum atomic E-state index is -0.710. The fourth-order valence-corrected chi connectivity index (χ4v) is 2.70. The second-order valence-corrected chi connectivity index (χ2v) is 6.37. The van der Waals surface area contributed by atoms with E-state index >= 15 is 0 Å². The third kappa shape index (κ3) is 2.44. The average molecular weight is 255 g/mol. The lowest BCUT2D eigenvalue weighted by Crippen LogP contribution is -2.38. The van der Waals surface area contributed by atoms with E-state index in [1.807, 2.05) is 20.8 Å². The van der Waals surface area contributed by atoms with Gasteiger partial charge in [-0.05, 0) is 46.0 Å². The van der Waals surface area contributed by atoms with Gasteiger partial charge in [0.2, 0.25) is 0 Å². The van der Waals surface area contributed by atoms with Gasteiger partial charge in [0.25, 0.3) is 0 Å². The van der Waals surface area contributed by atoms with Gasteiger partial charge in [-0.3, -0.25) is 4.79 Å². The molecule has 2 fully saturated rings. The van der Waals surface area contributed by atoms with Crippen LogP contribution in [-0.2, 0) is 9.53 Å². The van der Waals surface area contributed by atoms with Crippen molar-refractivity contribution in [3.8, 4) is 0 Å². The predicted octanol–water partition coefficient (Wildman–Crippen LogP) is 2.11. The Bertz CT molecular complexity index is 374. The molecule has 1 N–H and O–H groups in total. The molecule has 0 unspecified atom stereocenters. The Morgan fingerprint density at radius 1 is 1.33 bits per heavy atom. The van der Waals surface area contributed by atoms with Crippen LogP contribution in [0.3, 0.4) is 0 Å². The van der Waals surface area contributed by atoms with Crippen LogP contribution in [0.4, 0.5) is 4.79 Å². The minimum Gasteiger partial charge on any atom is -0.481 e. The highest BCUT2D eigenvalue weighted by atomic mass is 16.6. The quantitative estimate of drug-likeness (QED) is 0.779. The molecule has 2 atom stereocenters. The largest absolute Gasteiger partial charge is 0.481 e.